The smallest absolute Gasteiger partial charge is 0.239 e. The number of thioether (sulfide) groups is 1. The number of rotatable bonds is 6. The van der Waals surface area contributed by atoms with Crippen molar-refractivity contribution in [1.29, 1.82) is 0 Å². The SMILES string of the molecule is CC(C)CNc1nnc(S[C@H](C)c2nc(C(C)(C)C)no2)s1. The van der Waals surface area contributed by atoms with E-state index in [1.807, 2.05) is 6.92 Å². The number of anilines is 1. The minimum absolute atomic E-state index is 0.0505. The molecule has 1 atom stereocenters. The molecule has 8 heteroatoms. The van der Waals surface area contributed by atoms with Crippen LogP contribution in [0.25, 0.3) is 0 Å². The maximum Gasteiger partial charge on any atom is 0.239 e. The average molecular weight is 342 g/mol. The van der Waals surface area contributed by atoms with Crippen molar-refractivity contribution < 1.29 is 4.52 Å². The third kappa shape index (κ3) is 4.67. The zero-order valence-electron chi connectivity index (χ0n) is 13.9. The van der Waals surface area contributed by atoms with Gasteiger partial charge in [0.1, 0.15) is 0 Å². The third-order valence-electron chi connectivity index (χ3n) is 2.81. The Hall–Kier alpha value is -1.15. The Balaban J connectivity index is 1.97. The van der Waals surface area contributed by atoms with Gasteiger partial charge in [-0.1, -0.05) is 62.9 Å². The molecule has 22 heavy (non-hydrogen) atoms. The highest BCUT2D eigenvalue weighted by Gasteiger charge is 2.24. The van der Waals surface area contributed by atoms with Gasteiger partial charge >= 0.3 is 0 Å². The lowest BCUT2D eigenvalue weighted by Gasteiger charge is -2.11. The number of hydrogen-bond donors (Lipinski definition) is 1. The highest BCUT2D eigenvalue weighted by atomic mass is 32.2. The van der Waals surface area contributed by atoms with E-state index >= 15 is 0 Å². The lowest BCUT2D eigenvalue weighted by molar-refractivity contribution is 0.364. The first kappa shape index (κ1) is 17.2. The molecule has 6 nitrogen and oxygen atoms in total. The van der Waals surface area contributed by atoms with Crippen LogP contribution >= 0.6 is 23.1 Å². The highest BCUT2D eigenvalue weighted by molar-refractivity contribution is 8.01. The molecule has 1 N–H and O–H groups in total. The second kappa shape index (κ2) is 6.95. The third-order valence-corrected chi connectivity index (χ3v) is 4.86. The van der Waals surface area contributed by atoms with Gasteiger partial charge < -0.3 is 9.84 Å². The highest BCUT2D eigenvalue weighted by Crippen LogP contribution is 2.37. The van der Waals surface area contributed by atoms with E-state index in [-0.39, 0.29) is 10.7 Å². The van der Waals surface area contributed by atoms with Crippen LogP contribution in [0, 0.1) is 5.92 Å². The Kier molecular flexibility index (Phi) is 5.44. The van der Waals surface area contributed by atoms with Crippen LogP contribution in [-0.4, -0.2) is 26.9 Å². The number of nitrogens with one attached hydrogen (secondary N) is 1. The summed E-state index contributed by atoms with van der Waals surface area (Å²) in [7, 11) is 0. The van der Waals surface area contributed by atoms with Gasteiger partial charge in [0, 0.05) is 12.0 Å². The van der Waals surface area contributed by atoms with E-state index in [9.17, 15) is 0 Å². The van der Waals surface area contributed by atoms with Crippen LogP contribution < -0.4 is 5.32 Å². The van der Waals surface area contributed by atoms with Crippen LogP contribution in [0.15, 0.2) is 8.86 Å². The summed E-state index contributed by atoms with van der Waals surface area (Å²) in [4.78, 5) is 4.49. The van der Waals surface area contributed by atoms with E-state index in [1.54, 1.807) is 23.1 Å². The molecule has 0 fully saturated rings. The first-order valence-electron chi connectivity index (χ1n) is 7.34. The van der Waals surface area contributed by atoms with E-state index < -0.39 is 0 Å². The van der Waals surface area contributed by atoms with Crippen molar-refractivity contribution >= 4 is 28.2 Å². The van der Waals surface area contributed by atoms with Crippen LogP contribution in [0.1, 0.15) is 58.5 Å². The van der Waals surface area contributed by atoms with E-state index in [0.717, 1.165) is 21.8 Å². The minimum atomic E-state index is -0.108. The van der Waals surface area contributed by atoms with Gasteiger partial charge in [-0.2, -0.15) is 4.98 Å². The van der Waals surface area contributed by atoms with Crippen molar-refractivity contribution in [3.05, 3.63) is 11.7 Å². The van der Waals surface area contributed by atoms with Crippen molar-refractivity contribution in [2.24, 2.45) is 5.92 Å². The molecule has 122 valence electrons. The van der Waals surface area contributed by atoms with Crippen LogP contribution in [0.3, 0.4) is 0 Å². The van der Waals surface area contributed by atoms with Crippen LogP contribution in [0.2, 0.25) is 0 Å². The molecule has 0 bridgehead atoms. The van der Waals surface area contributed by atoms with Gasteiger partial charge in [-0.05, 0) is 12.8 Å². The summed E-state index contributed by atoms with van der Waals surface area (Å²) < 4.78 is 6.27. The van der Waals surface area contributed by atoms with E-state index in [0.29, 0.717) is 11.8 Å². The fraction of sp³-hybridized carbons (Fsp3) is 0.714. The van der Waals surface area contributed by atoms with Gasteiger partial charge in [0.05, 0.1) is 5.25 Å². The second-order valence-corrected chi connectivity index (χ2v) is 9.18. The number of hydrogen-bond acceptors (Lipinski definition) is 8. The van der Waals surface area contributed by atoms with Crippen molar-refractivity contribution in [3.8, 4) is 0 Å². The van der Waals surface area contributed by atoms with Gasteiger partial charge in [-0.3, -0.25) is 0 Å². The molecule has 0 saturated heterocycles. The molecule has 0 aliphatic carbocycles. The predicted octanol–water partition coefficient (Wildman–Crippen LogP) is 4.14. The maximum atomic E-state index is 5.37. The van der Waals surface area contributed by atoms with Crippen molar-refractivity contribution in [1.82, 2.24) is 20.3 Å². The average Bonchev–Trinajstić information content (AvgIpc) is 3.04. The summed E-state index contributed by atoms with van der Waals surface area (Å²) in [5.41, 5.74) is -0.108. The molecule has 0 aromatic carbocycles. The molecule has 2 heterocycles. The van der Waals surface area contributed by atoms with Gasteiger partial charge in [0.15, 0.2) is 10.2 Å². The Morgan fingerprint density at radius 2 is 1.95 bits per heavy atom. The van der Waals surface area contributed by atoms with Crippen molar-refractivity contribution in [3.63, 3.8) is 0 Å². The van der Waals surface area contributed by atoms with Crippen molar-refractivity contribution in [2.75, 3.05) is 11.9 Å². The molecule has 0 unspecified atom stereocenters. The van der Waals surface area contributed by atoms with E-state index in [4.69, 9.17) is 4.52 Å². The summed E-state index contributed by atoms with van der Waals surface area (Å²) in [5, 5.41) is 16.6. The molecule has 0 radical (unpaired) electrons. The molecule has 2 aromatic heterocycles. The molecule has 0 spiro atoms. The van der Waals surface area contributed by atoms with Gasteiger partial charge in [-0.25, -0.2) is 0 Å². The summed E-state index contributed by atoms with van der Waals surface area (Å²) in [5.74, 6) is 1.93. The Bertz CT molecular complexity index is 602. The topological polar surface area (TPSA) is 76.7 Å². The predicted molar refractivity (Wildman–Crippen MR) is 90.5 cm³/mol. The van der Waals surface area contributed by atoms with Crippen LogP contribution in [0.5, 0.6) is 0 Å². The second-order valence-electron chi connectivity index (χ2n) is 6.61. The van der Waals surface area contributed by atoms with E-state index in [1.165, 1.54) is 0 Å². The molecule has 0 aliphatic heterocycles. The lowest BCUT2D eigenvalue weighted by atomic mass is 9.96. The summed E-state index contributed by atoms with van der Waals surface area (Å²) in [6, 6.07) is 0. The van der Waals surface area contributed by atoms with Crippen LogP contribution in [0.4, 0.5) is 5.13 Å². The quantitative estimate of drug-likeness (QED) is 0.791. The molecule has 2 rings (SSSR count). The zero-order valence-corrected chi connectivity index (χ0v) is 15.5. The molecule has 0 aliphatic rings. The fourth-order valence-corrected chi connectivity index (χ4v) is 3.46. The monoisotopic (exact) mass is 341 g/mol. The summed E-state index contributed by atoms with van der Waals surface area (Å²) in [6.45, 7) is 13.5. The standard InChI is InChI=1S/C14H23N5OS2/c1-8(2)7-15-12-17-18-13(22-12)21-9(3)10-16-11(19-20-10)14(4,5)6/h8-9H,7H2,1-6H3,(H,15,17)/t9-/m1/s1. The fourth-order valence-electron chi connectivity index (χ4n) is 1.53. The Labute approximate surface area is 139 Å². The van der Waals surface area contributed by atoms with E-state index in [2.05, 4.69) is 60.3 Å². The van der Waals surface area contributed by atoms with Gasteiger partial charge in [0.2, 0.25) is 11.0 Å². The van der Waals surface area contributed by atoms with Gasteiger partial charge in [-0.15, -0.1) is 10.2 Å². The first-order chi connectivity index (χ1) is 10.3. The first-order valence-corrected chi connectivity index (χ1v) is 9.03. The van der Waals surface area contributed by atoms with Crippen molar-refractivity contribution in [2.45, 2.75) is 56.5 Å². The normalized spacial score (nSPS) is 13.6. The molecular formula is C14H23N5OS2. The summed E-state index contributed by atoms with van der Waals surface area (Å²) in [6.07, 6.45) is 0. The maximum absolute atomic E-state index is 5.37. The Morgan fingerprint density at radius 1 is 1.23 bits per heavy atom. The largest absolute Gasteiger partial charge is 0.360 e. The molecule has 2 aromatic rings. The minimum Gasteiger partial charge on any atom is -0.360 e. The molecular weight excluding hydrogens is 318 g/mol. The number of aromatic nitrogens is 4. The Morgan fingerprint density at radius 3 is 2.55 bits per heavy atom. The molecule has 0 saturated carbocycles. The van der Waals surface area contributed by atoms with Crippen LogP contribution in [-0.2, 0) is 5.41 Å². The zero-order chi connectivity index (χ0) is 16.3. The summed E-state index contributed by atoms with van der Waals surface area (Å²) >= 11 is 3.13. The lowest BCUT2D eigenvalue weighted by Crippen LogP contribution is -2.13. The van der Waals surface area contributed by atoms with Gasteiger partial charge in [0.25, 0.3) is 0 Å². The molecule has 0 amide bonds. The number of nitrogens with zero attached hydrogens (tertiary/aromatic N) is 4.